The van der Waals surface area contributed by atoms with Crippen LogP contribution in [0, 0.1) is 6.92 Å². The van der Waals surface area contributed by atoms with Crippen LogP contribution in [0.25, 0.3) is 0 Å². The summed E-state index contributed by atoms with van der Waals surface area (Å²) in [7, 11) is 5.15. The van der Waals surface area contributed by atoms with Gasteiger partial charge in [-0.15, -0.1) is 0 Å². The van der Waals surface area contributed by atoms with Crippen LogP contribution in [0.1, 0.15) is 21.6 Å². The summed E-state index contributed by atoms with van der Waals surface area (Å²) in [5, 5.41) is 4.88. The number of hydrazine groups is 1. The molecule has 2 aromatic carbocycles. The number of carbonyl (C=O) groups excluding carboxylic acids is 2. The fourth-order valence-electron chi connectivity index (χ4n) is 3.21. The fourth-order valence-corrected chi connectivity index (χ4v) is 3.21. The van der Waals surface area contributed by atoms with Gasteiger partial charge in [-0.3, -0.25) is 20.6 Å². The van der Waals surface area contributed by atoms with Crippen LogP contribution >= 0.6 is 0 Å². The number of anilines is 2. The number of halogens is 3. The molecule has 4 N–H and O–H groups in total. The van der Waals surface area contributed by atoms with Crippen molar-refractivity contribution in [3.8, 4) is 17.2 Å². The second kappa shape index (κ2) is 12.8. The Hall–Kier alpha value is -4.52. The molecule has 1 aromatic heterocycles. The molecule has 10 nitrogen and oxygen atoms in total. The van der Waals surface area contributed by atoms with Gasteiger partial charge >= 0.3 is 12.2 Å². The number of urea groups is 1. The topological polar surface area (TPSA) is 117 Å². The number of carbonyl (C=O) groups is 2. The first-order chi connectivity index (χ1) is 18.5. The van der Waals surface area contributed by atoms with Crippen LogP contribution in [0.15, 0.2) is 54.7 Å². The number of rotatable bonds is 10. The molecule has 0 fully saturated rings. The normalized spacial score (nSPS) is 11.1. The number of benzene rings is 2. The molecular formula is C26H29F3N6O4. The molecule has 1 heterocycles. The van der Waals surface area contributed by atoms with Gasteiger partial charge in [0.25, 0.3) is 5.91 Å². The van der Waals surface area contributed by atoms with E-state index in [0.717, 1.165) is 17.7 Å². The Morgan fingerprint density at radius 2 is 1.74 bits per heavy atom. The number of nitrogens with one attached hydrogen (secondary N) is 4. The van der Waals surface area contributed by atoms with Crippen molar-refractivity contribution in [1.82, 2.24) is 20.6 Å². The van der Waals surface area contributed by atoms with Gasteiger partial charge in [-0.2, -0.15) is 13.2 Å². The van der Waals surface area contributed by atoms with Gasteiger partial charge in [0.2, 0.25) is 0 Å². The lowest BCUT2D eigenvalue weighted by molar-refractivity contribution is -0.137. The monoisotopic (exact) mass is 546 g/mol. The third kappa shape index (κ3) is 8.50. The van der Waals surface area contributed by atoms with Crippen LogP contribution in [0.3, 0.4) is 0 Å². The highest BCUT2D eigenvalue weighted by Gasteiger charge is 2.31. The summed E-state index contributed by atoms with van der Waals surface area (Å²) in [6.45, 7) is 2.52. The first-order valence-electron chi connectivity index (χ1n) is 11.7. The first kappa shape index (κ1) is 29.0. The van der Waals surface area contributed by atoms with Crippen LogP contribution < -0.4 is 31.0 Å². The summed E-state index contributed by atoms with van der Waals surface area (Å²) in [6.07, 6.45) is -3.16. The summed E-state index contributed by atoms with van der Waals surface area (Å²) in [5.74, 6) is 0.498. The minimum Gasteiger partial charge on any atom is -0.490 e. The van der Waals surface area contributed by atoms with Crippen LogP contribution in [0.2, 0.25) is 0 Å². The Morgan fingerprint density at radius 3 is 2.44 bits per heavy atom. The molecule has 0 aliphatic carbocycles. The molecule has 3 amide bonds. The molecule has 0 unspecified atom stereocenters. The zero-order valence-electron chi connectivity index (χ0n) is 21.8. The summed E-state index contributed by atoms with van der Waals surface area (Å²) >= 11 is 0. The molecule has 0 saturated heterocycles. The molecule has 39 heavy (non-hydrogen) atoms. The van der Waals surface area contributed by atoms with Crippen LogP contribution in [0.5, 0.6) is 17.2 Å². The minimum atomic E-state index is -4.60. The predicted octanol–water partition coefficient (Wildman–Crippen LogP) is 4.65. The number of pyridine rings is 1. The van der Waals surface area contributed by atoms with Gasteiger partial charge in [0.05, 0.1) is 16.9 Å². The van der Waals surface area contributed by atoms with Crippen molar-refractivity contribution in [2.45, 2.75) is 13.1 Å². The fraction of sp³-hybridized carbons (Fsp3) is 0.269. The van der Waals surface area contributed by atoms with Crippen molar-refractivity contribution in [2.75, 3.05) is 45.0 Å². The van der Waals surface area contributed by atoms with Crippen LogP contribution in [0.4, 0.5) is 29.3 Å². The van der Waals surface area contributed by atoms with E-state index in [1.54, 1.807) is 31.2 Å². The van der Waals surface area contributed by atoms with Gasteiger partial charge in [-0.05, 0) is 56.9 Å². The van der Waals surface area contributed by atoms with E-state index in [1.807, 2.05) is 19.0 Å². The average molecular weight is 547 g/mol. The number of aromatic nitrogens is 1. The average Bonchev–Trinajstić information content (AvgIpc) is 2.88. The molecule has 0 aliphatic heterocycles. The van der Waals surface area contributed by atoms with Crippen molar-refractivity contribution in [3.63, 3.8) is 0 Å². The Kier molecular flexibility index (Phi) is 9.55. The van der Waals surface area contributed by atoms with Gasteiger partial charge in [0.1, 0.15) is 29.5 Å². The van der Waals surface area contributed by atoms with Crippen LogP contribution in [-0.4, -0.2) is 56.1 Å². The Morgan fingerprint density at radius 1 is 1.00 bits per heavy atom. The summed E-state index contributed by atoms with van der Waals surface area (Å²) < 4.78 is 51.2. The lowest BCUT2D eigenvalue weighted by Crippen LogP contribution is -2.34. The van der Waals surface area contributed by atoms with Gasteiger partial charge < -0.3 is 25.0 Å². The number of nitrogens with zero attached hydrogens (tertiary/aromatic N) is 2. The largest absolute Gasteiger partial charge is 0.490 e. The number of alkyl halides is 3. The highest BCUT2D eigenvalue weighted by molar-refractivity contribution is 5.92. The quantitative estimate of drug-likeness (QED) is 0.274. The Balaban J connectivity index is 1.70. The predicted molar refractivity (Wildman–Crippen MR) is 140 cm³/mol. The SMILES string of the molecule is CNC(=O)c1cc(Oc2ccc(C)c(NNC(=O)Nc3cc(C(F)(F)F)ccc3OCCN(C)C)c2)ccn1. The van der Waals surface area contributed by atoms with Gasteiger partial charge in [0, 0.05) is 31.9 Å². The van der Waals surface area contributed by atoms with E-state index >= 15 is 0 Å². The van der Waals surface area contributed by atoms with E-state index in [0.29, 0.717) is 23.7 Å². The molecule has 0 radical (unpaired) electrons. The molecular weight excluding hydrogens is 517 g/mol. The first-order valence-corrected chi connectivity index (χ1v) is 11.7. The molecule has 3 rings (SSSR count). The highest BCUT2D eigenvalue weighted by Crippen LogP contribution is 2.35. The van der Waals surface area contributed by atoms with Gasteiger partial charge in [-0.25, -0.2) is 4.79 Å². The van der Waals surface area contributed by atoms with Gasteiger partial charge in [-0.1, -0.05) is 6.07 Å². The van der Waals surface area contributed by atoms with E-state index in [-0.39, 0.29) is 29.6 Å². The number of hydrogen-bond donors (Lipinski definition) is 4. The van der Waals surface area contributed by atoms with E-state index < -0.39 is 17.8 Å². The zero-order chi connectivity index (χ0) is 28.6. The van der Waals surface area contributed by atoms with E-state index in [2.05, 4.69) is 26.5 Å². The molecule has 13 heteroatoms. The maximum absolute atomic E-state index is 13.3. The summed E-state index contributed by atoms with van der Waals surface area (Å²) in [6, 6.07) is 10.2. The number of ether oxygens (including phenoxy) is 2. The molecule has 0 bridgehead atoms. The van der Waals surface area contributed by atoms with Gasteiger partial charge in [0.15, 0.2) is 0 Å². The number of amides is 3. The number of likely N-dealkylation sites (N-methyl/N-ethyl adjacent to an activating group) is 1. The highest BCUT2D eigenvalue weighted by atomic mass is 19.4. The molecule has 0 spiro atoms. The molecule has 208 valence electrons. The maximum Gasteiger partial charge on any atom is 0.416 e. The molecule has 0 atom stereocenters. The van der Waals surface area contributed by atoms with Crippen molar-refractivity contribution >= 4 is 23.3 Å². The Labute approximate surface area is 223 Å². The summed E-state index contributed by atoms with van der Waals surface area (Å²) in [5.41, 5.74) is 5.47. The molecule has 3 aromatic rings. The van der Waals surface area contributed by atoms with E-state index in [4.69, 9.17) is 9.47 Å². The molecule has 0 saturated carbocycles. The number of aryl methyl sites for hydroxylation is 1. The smallest absolute Gasteiger partial charge is 0.416 e. The molecule has 0 aliphatic rings. The van der Waals surface area contributed by atoms with Crippen LogP contribution in [-0.2, 0) is 6.18 Å². The summed E-state index contributed by atoms with van der Waals surface area (Å²) in [4.78, 5) is 30.2. The minimum absolute atomic E-state index is 0.0973. The lowest BCUT2D eigenvalue weighted by Gasteiger charge is -2.18. The van der Waals surface area contributed by atoms with E-state index in [9.17, 15) is 22.8 Å². The third-order valence-corrected chi connectivity index (χ3v) is 5.30. The Bertz CT molecular complexity index is 1320. The second-order valence-corrected chi connectivity index (χ2v) is 8.60. The van der Waals surface area contributed by atoms with Crippen molar-refractivity contribution in [3.05, 3.63) is 71.5 Å². The third-order valence-electron chi connectivity index (χ3n) is 5.30. The standard InChI is InChI=1S/C26H29F3N6O4/c1-16-5-7-18(39-19-9-10-31-22(15-19)24(36)30-2)14-20(16)33-34-25(37)32-21-13-17(26(27,28)29)6-8-23(21)38-12-11-35(3)4/h5-10,13-15,33H,11-12H2,1-4H3,(H,30,36)(H2,32,34,37). The van der Waals surface area contributed by atoms with E-state index in [1.165, 1.54) is 25.4 Å². The van der Waals surface area contributed by atoms with Crippen molar-refractivity contribution < 1.29 is 32.2 Å². The second-order valence-electron chi connectivity index (χ2n) is 8.60. The van der Waals surface area contributed by atoms with Crippen molar-refractivity contribution in [2.24, 2.45) is 0 Å². The maximum atomic E-state index is 13.3. The van der Waals surface area contributed by atoms with Crippen molar-refractivity contribution in [1.29, 1.82) is 0 Å². The lowest BCUT2D eigenvalue weighted by atomic mass is 10.2. The zero-order valence-corrected chi connectivity index (χ0v) is 21.8. The number of hydrogen-bond acceptors (Lipinski definition) is 7.